The highest BCUT2D eigenvalue weighted by Crippen LogP contribution is 2.20. The topological polar surface area (TPSA) is 65.2 Å². The molecule has 3 rings (SSSR count). The van der Waals surface area contributed by atoms with Gasteiger partial charge < -0.3 is 15.2 Å². The van der Waals surface area contributed by atoms with E-state index in [2.05, 4.69) is 10.3 Å². The number of benzene rings is 1. The van der Waals surface area contributed by atoms with E-state index in [4.69, 9.17) is 0 Å². The third kappa shape index (κ3) is 4.15. The van der Waals surface area contributed by atoms with Gasteiger partial charge in [0.15, 0.2) is 0 Å². The quantitative estimate of drug-likeness (QED) is 0.887. The Labute approximate surface area is 154 Å². The number of aromatic amines is 1. The molecule has 1 fully saturated rings. The van der Waals surface area contributed by atoms with Gasteiger partial charge in [-0.2, -0.15) is 0 Å². The molecule has 0 radical (unpaired) electrons. The summed E-state index contributed by atoms with van der Waals surface area (Å²) < 4.78 is 0. The van der Waals surface area contributed by atoms with Crippen molar-refractivity contribution in [2.75, 3.05) is 13.1 Å². The second-order valence-electron chi connectivity index (χ2n) is 7.30. The van der Waals surface area contributed by atoms with Crippen molar-refractivity contribution in [1.82, 2.24) is 15.2 Å². The number of piperidine rings is 1. The van der Waals surface area contributed by atoms with Crippen LogP contribution in [0.2, 0.25) is 0 Å². The van der Waals surface area contributed by atoms with Gasteiger partial charge in [-0.15, -0.1) is 0 Å². The van der Waals surface area contributed by atoms with Crippen molar-refractivity contribution < 1.29 is 9.59 Å². The minimum absolute atomic E-state index is 0.00775. The molecule has 2 aromatic rings. The second-order valence-corrected chi connectivity index (χ2v) is 7.30. The van der Waals surface area contributed by atoms with Gasteiger partial charge in [-0.3, -0.25) is 9.59 Å². The SMILES string of the molecule is Cc1ccc(CNC(=O)[C@@H]2CCCN(C(=O)c3[nH]c(C)cc3C)C2)cc1. The van der Waals surface area contributed by atoms with E-state index in [0.717, 1.165) is 29.7 Å². The van der Waals surface area contributed by atoms with Crippen LogP contribution in [0.5, 0.6) is 0 Å². The highest BCUT2D eigenvalue weighted by Gasteiger charge is 2.29. The average molecular weight is 353 g/mol. The Balaban J connectivity index is 1.58. The highest BCUT2D eigenvalue weighted by atomic mass is 16.2. The highest BCUT2D eigenvalue weighted by molar-refractivity contribution is 5.94. The van der Waals surface area contributed by atoms with E-state index >= 15 is 0 Å². The predicted octanol–water partition coefficient (Wildman–Crippen LogP) is 3.11. The van der Waals surface area contributed by atoms with Crippen molar-refractivity contribution in [3.63, 3.8) is 0 Å². The maximum atomic E-state index is 12.8. The van der Waals surface area contributed by atoms with Gasteiger partial charge in [-0.1, -0.05) is 29.8 Å². The van der Waals surface area contributed by atoms with Gasteiger partial charge in [0.1, 0.15) is 5.69 Å². The van der Waals surface area contributed by atoms with Crippen molar-refractivity contribution in [3.05, 3.63) is 58.4 Å². The molecule has 1 aliphatic heterocycles. The summed E-state index contributed by atoms with van der Waals surface area (Å²) in [7, 11) is 0. The number of H-pyrrole nitrogens is 1. The molecule has 1 saturated heterocycles. The summed E-state index contributed by atoms with van der Waals surface area (Å²) >= 11 is 0. The Morgan fingerprint density at radius 1 is 1.19 bits per heavy atom. The predicted molar refractivity (Wildman–Crippen MR) is 102 cm³/mol. The molecule has 1 aliphatic rings. The Bertz CT molecular complexity index is 792. The summed E-state index contributed by atoms with van der Waals surface area (Å²) in [5.74, 6) is -0.122. The summed E-state index contributed by atoms with van der Waals surface area (Å²) in [6.45, 7) is 7.64. The molecule has 2 heterocycles. The average Bonchev–Trinajstić information content (AvgIpc) is 2.98. The number of aromatic nitrogens is 1. The lowest BCUT2D eigenvalue weighted by atomic mass is 9.96. The molecular weight excluding hydrogens is 326 g/mol. The van der Waals surface area contributed by atoms with Gasteiger partial charge >= 0.3 is 0 Å². The molecule has 0 spiro atoms. The smallest absolute Gasteiger partial charge is 0.270 e. The van der Waals surface area contributed by atoms with Crippen LogP contribution in [0.4, 0.5) is 0 Å². The van der Waals surface area contributed by atoms with Crippen molar-refractivity contribution in [3.8, 4) is 0 Å². The molecular formula is C21H27N3O2. The third-order valence-electron chi connectivity index (χ3n) is 5.03. The number of hydrogen-bond donors (Lipinski definition) is 2. The monoisotopic (exact) mass is 353 g/mol. The van der Waals surface area contributed by atoms with Crippen molar-refractivity contribution in [1.29, 1.82) is 0 Å². The fourth-order valence-electron chi connectivity index (χ4n) is 3.52. The summed E-state index contributed by atoms with van der Waals surface area (Å²) in [5, 5.41) is 3.02. The number of nitrogens with zero attached hydrogens (tertiary/aromatic N) is 1. The first-order valence-corrected chi connectivity index (χ1v) is 9.23. The van der Waals surface area contributed by atoms with Crippen molar-refractivity contribution in [2.24, 2.45) is 5.92 Å². The zero-order valence-electron chi connectivity index (χ0n) is 15.8. The number of aryl methyl sites for hydroxylation is 3. The lowest BCUT2D eigenvalue weighted by Gasteiger charge is -2.32. The molecule has 2 amide bonds. The molecule has 5 heteroatoms. The number of carbonyl (C=O) groups excluding carboxylic acids is 2. The van der Waals surface area contributed by atoms with E-state index in [-0.39, 0.29) is 17.7 Å². The first-order valence-electron chi connectivity index (χ1n) is 9.23. The van der Waals surface area contributed by atoms with E-state index in [1.807, 2.05) is 51.1 Å². The Morgan fingerprint density at radius 2 is 1.92 bits per heavy atom. The van der Waals surface area contributed by atoms with Crippen LogP contribution in [0.25, 0.3) is 0 Å². The summed E-state index contributed by atoms with van der Waals surface area (Å²) in [6.07, 6.45) is 1.68. The van der Waals surface area contributed by atoms with E-state index in [1.54, 1.807) is 4.90 Å². The fourth-order valence-corrected chi connectivity index (χ4v) is 3.52. The molecule has 0 bridgehead atoms. The first kappa shape index (κ1) is 18.2. The molecule has 1 aromatic carbocycles. The van der Waals surface area contributed by atoms with Crippen LogP contribution in [0.15, 0.2) is 30.3 Å². The lowest BCUT2D eigenvalue weighted by molar-refractivity contribution is -0.126. The van der Waals surface area contributed by atoms with Crippen LogP contribution in [0, 0.1) is 26.7 Å². The van der Waals surface area contributed by atoms with Crippen LogP contribution < -0.4 is 5.32 Å². The largest absolute Gasteiger partial charge is 0.354 e. The van der Waals surface area contributed by atoms with E-state index in [0.29, 0.717) is 25.3 Å². The Kier molecular flexibility index (Phi) is 5.45. The number of rotatable bonds is 4. The van der Waals surface area contributed by atoms with Gasteiger partial charge in [-0.05, 0) is 50.8 Å². The lowest BCUT2D eigenvalue weighted by Crippen LogP contribution is -2.45. The number of nitrogens with one attached hydrogen (secondary N) is 2. The Morgan fingerprint density at radius 3 is 2.58 bits per heavy atom. The molecule has 1 atom stereocenters. The summed E-state index contributed by atoms with van der Waals surface area (Å²) in [5.41, 5.74) is 4.87. The van der Waals surface area contributed by atoms with Crippen LogP contribution in [0.3, 0.4) is 0 Å². The van der Waals surface area contributed by atoms with Crippen LogP contribution >= 0.6 is 0 Å². The van der Waals surface area contributed by atoms with Crippen molar-refractivity contribution in [2.45, 2.75) is 40.2 Å². The molecule has 0 unspecified atom stereocenters. The molecule has 0 saturated carbocycles. The molecule has 138 valence electrons. The standard InChI is InChI=1S/C21H27N3O2/c1-14-6-8-17(9-7-14)12-22-20(25)18-5-4-10-24(13-18)21(26)19-15(2)11-16(3)23-19/h6-9,11,18,23H,4-5,10,12-13H2,1-3H3,(H,22,25)/t18-/m1/s1. The summed E-state index contributed by atoms with van der Waals surface area (Å²) in [6, 6.07) is 10.1. The van der Waals surface area contributed by atoms with Gasteiger partial charge in [0.25, 0.3) is 5.91 Å². The molecule has 26 heavy (non-hydrogen) atoms. The molecule has 2 N–H and O–H groups in total. The number of likely N-dealkylation sites (tertiary alicyclic amines) is 1. The van der Waals surface area contributed by atoms with Crippen LogP contribution in [-0.4, -0.2) is 34.8 Å². The second kappa shape index (κ2) is 7.77. The van der Waals surface area contributed by atoms with Crippen molar-refractivity contribution >= 4 is 11.8 Å². The number of carbonyl (C=O) groups is 2. The van der Waals surface area contributed by atoms with Gasteiger partial charge in [-0.25, -0.2) is 0 Å². The maximum Gasteiger partial charge on any atom is 0.270 e. The number of amides is 2. The van der Waals surface area contributed by atoms with E-state index in [9.17, 15) is 9.59 Å². The van der Waals surface area contributed by atoms with E-state index in [1.165, 1.54) is 5.56 Å². The minimum atomic E-state index is -0.144. The maximum absolute atomic E-state index is 12.8. The van der Waals surface area contributed by atoms with Gasteiger partial charge in [0.2, 0.25) is 5.91 Å². The fraction of sp³-hybridized carbons (Fsp3) is 0.429. The normalized spacial score (nSPS) is 17.2. The molecule has 0 aliphatic carbocycles. The van der Waals surface area contributed by atoms with Crippen LogP contribution in [0.1, 0.15) is 45.7 Å². The zero-order chi connectivity index (χ0) is 18.7. The number of hydrogen-bond acceptors (Lipinski definition) is 2. The van der Waals surface area contributed by atoms with Crippen LogP contribution in [-0.2, 0) is 11.3 Å². The zero-order valence-corrected chi connectivity index (χ0v) is 15.8. The van der Waals surface area contributed by atoms with Gasteiger partial charge in [0, 0.05) is 25.3 Å². The molecule has 5 nitrogen and oxygen atoms in total. The van der Waals surface area contributed by atoms with E-state index < -0.39 is 0 Å². The van der Waals surface area contributed by atoms with Gasteiger partial charge in [0.05, 0.1) is 5.92 Å². The molecule has 1 aromatic heterocycles. The minimum Gasteiger partial charge on any atom is -0.354 e. The summed E-state index contributed by atoms with van der Waals surface area (Å²) in [4.78, 5) is 30.3. The third-order valence-corrected chi connectivity index (χ3v) is 5.03. The first-order chi connectivity index (χ1) is 12.4. The Hall–Kier alpha value is -2.56.